The first-order valence-electron chi connectivity index (χ1n) is 25.9. The van der Waals surface area contributed by atoms with E-state index in [-0.39, 0.29) is 11.9 Å². The molecule has 1 atom stereocenters. The fourth-order valence-corrected chi connectivity index (χ4v) is 8.49. The predicted molar refractivity (Wildman–Crippen MR) is 244 cm³/mol. The molecule has 2 nitrogen and oxygen atoms in total. The van der Waals surface area contributed by atoms with Gasteiger partial charge in [0.25, 0.3) is 0 Å². The number of carbonyl (C=O) groups excluding carboxylic acids is 1. The lowest BCUT2D eigenvalue weighted by Crippen LogP contribution is -2.18. The Morgan fingerprint density at radius 3 is 0.685 bits per heavy atom. The highest BCUT2D eigenvalue weighted by Gasteiger charge is 2.19. The Bertz CT molecular complexity index is 673. The van der Waals surface area contributed by atoms with Gasteiger partial charge in [0.2, 0.25) is 0 Å². The molecule has 0 aromatic carbocycles. The first-order valence-corrected chi connectivity index (χ1v) is 25.9. The van der Waals surface area contributed by atoms with Crippen LogP contribution in [0, 0.1) is 5.92 Å². The van der Waals surface area contributed by atoms with Crippen molar-refractivity contribution in [2.75, 3.05) is 6.61 Å². The zero-order valence-corrected chi connectivity index (χ0v) is 38.1. The Kier molecular flexibility index (Phi) is 48.1. The summed E-state index contributed by atoms with van der Waals surface area (Å²) in [6, 6.07) is 0. The van der Waals surface area contributed by atoms with Crippen molar-refractivity contribution in [2.45, 2.75) is 316 Å². The van der Waals surface area contributed by atoms with E-state index in [4.69, 9.17) is 4.74 Å². The molecule has 1 unspecified atom stereocenters. The van der Waals surface area contributed by atoms with Gasteiger partial charge in [-0.05, 0) is 19.3 Å². The largest absolute Gasteiger partial charge is 0.465 e. The lowest BCUT2D eigenvalue weighted by Gasteiger charge is -2.16. The molecule has 0 N–H and O–H groups in total. The molecule has 0 aliphatic rings. The van der Waals surface area contributed by atoms with E-state index in [9.17, 15) is 4.79 Å². The van der Waals surface area contributed by atoms with E-state index in [0.29, 0.717) is 6.61 Å². The molecule has 0 radical (unpaired) electrons. The summed E-state index contributed by atoms with van der Waals surface area (Å²) in [6.07, 6.45) is 63.1. The second-order valence-corrected chi connectivity index (χ2v) is 17.9. The van der Waals surface area contributed by atoms with E-state index in [1.54, 1.807) is 0 Å². The zero-order chi connectivity index (χ0) is 39.1. The molecule has 0 amide bonds. The van der Waals surface area contributed by atoms with E-state index >= 15 is 0 Å². The Balaban J connectivity index is 4.03. The Morgan fingerprint density at radius 2 is 0.463 bits per heavy atom. The van der Waals surface area contributed by atoms with E-state index in [1.807, 2.05) is 0 Å². The van der Waals surface area contributed by atoms with Crippen molar-refractivity contribution in [2.24, 2.45) is 5.92 Å². The highest BCUT2D eigenvalue weighted by molar-refractivity contribution is 5.72. The van der Waals surface area contributed by atoms with Crippen molar-refractivity contribution in [1.29, 1.82) is 0 Å². The van der Waals surface area contributed by atoms with E-state index < -0.39 is 0 Å². The molecule has 0 bridgehead atoms. The van der Waals surface area contributed by atoms with Crippen LogP contribution < -0.4 is 0 Å². The van der Waals surface area contributed by atoms with Gasteiger partial charge in [-0.3, -0.25) is 4.79 Å². The molecule has 0 aromatic heterocycles. The number of hydrogen-bond donors (Lipinski definition) is 0. The molecule has 0 saturated heterocycles. The molecule has 0 aromatic rings. The van der Waals surface area contributed by atoms with Gasteiger partial charge in [-0.15, -0.1) is 0 Å². The van der Waals surface area contributed by atoms with Gasteiger partial charge in [0, 0.05) is 0 Å². The highest BCUT2D eigenvalue weighted by Crippen LogP contribution is 2.22. The zero-order valence-electron chi connectivity index (χ0n) is 38.1. The third kappa shape index (κ3) is 44.2. The van der Waals surface area contributed by atoms with Crippen molar-refractivity contribution in [3.05, 3.63) is 0 Å². The molecular formula is C52H104O2. The monoisotopic (exact) mass is 761 g/mol. The van der Waals surface area contributed by atoms with E-state index in [2.05, 4.69) is 20.8 Å². The van der Waals surface area contributed by atoms with Crippen LogP contribution in [-0.2, 0) is 9.53 Å². The summed E-state index contributed by atoms with van der Waals surface area (Å²) in [5, 5.41) is 0. The van der Waals surface area contributed by atoms with E-state index in [0.717, 1.165) is 19.3 Å². The molecule has 0 spiro atoms. The average molecular weight is 761 g/mol. The van der Waals surface area contributed by atoms with Crippen LogP contribution in [0.15, 0.2) is 0 Å². The number of ether oxygens (including phenoxy) is 1. The molecule has 0 aliphatic heterocycles. The summed E-state index contributed by atoms with van der Waals surface area (Å²) in [5.74, 6) is 0.265. The number of rotatable bonds is 48. The fourth-order valence-electron chi connectivity index (χ4n) is 8.49. The van der Waals surface area contributed by atoms with Crippen LogP contribution in [0.1, 0.15) is 316 Å². The maximum Gasteiger partial charge on any atom is 0.308 e. The van der Waals surface area contributed by atoms with Gasteiger partial charge in [0.05, 0.1) is 12.5 Å². The first-order chi connectivity index (χ1) is 26.8. The Morgan fingerprint density at radius 1 is 0.278 bits per heavy atom. The molecular weight excluding hydrogens is 657 g/mol. The first kappa shape index (κ1) is 53.5. The van der Waals surface area contributed by atoms with Gasteiger partial charge in [0.1, 0.15) is 0 Å². The summed E-state index contributed by atoms with van der Waals surface area (Å²) < 4.78 is 5.92. The maximum absolute atomic E-state index is 13.2. The molecule has 0 fully saturated rings. The van der Waals surface area contributed by atoms with Crippen molar-refractivity contribution < 1.29 is 9.53 Å². The normalized spacial score (nSPS) is 12.1. The molecule has 2 heteroatoms. The lowest BCUT2D eigenvalue weighted by molar-refractivity contribution is -0.149. The summed E-state index contributed by atoms with van der Waals surface area (Å²) in [7, 11) is 0. The number of hydrogen-bond acceptors (Lipinski definition) is 2. The summed E-state index contributed by atoms with van der Waals surface area (Å²) in [5.41, 5.74) is 0. The van der Waals surface area contributed by atoms with Crippen molar-refractivity contribution >= 4 is 5.97 Å². The van der Waals surface area contributed by atoms with Crippen molar-refractivity contribution in [1.82, 2.24) is 0 Å². The summed E-state index contributed by atoms with van der Waals surface area (Å²) in [4.78, 5) is 13.2. The maximum atomic E-state index is 13.2. The van der Waals surface area contributed by atoms with Crippen LogP contribution in [0.2, 0.25) is 0 Å². The standard InChI is InChI=1S/C52H104O2/c1-4-7-10-13-16-19-22-25-27-29-31-34-37-40-43-46-49-51(48-45-42-39-36-33-24-21-18-15-12-9-6-3)52(53)54-50-47-44-41-38-35-32-30-28-26-23-20-17-14-11-8-5-2/h51H,4-50H2,1-3H3. The lowest BCUT2D eigenvalue weighted by atomic mass is 9.94. The third-order valence-corrected chi connectivity index (χ3v) is 12.4. The highest BCUT2D eigenvalue weighted by atomic mass is 16.5. The second-order valence-electron chi connectivity index (χ2n) is 17.9. The topological polar surface area (TPSA) is 26.3 Å². The van der Waals surface area contributed by atoms with Gasteiger partial charge in [-0.1, -0.05) is 297 Å². The van der Waals surface area contributed by atoms with Crippen molar-refractivity contribution in [3.8, 4) is 0 Å². The average Bonchev–Trinajstić information content (AvgIpc) is 3.18. The summed E-state index contributed by atoms with van der Waals surface area (Å²) >= 11 is 0. The minimum atomic E-state index is 0.125. The molecule has 0 aliphatic carbocycles. The quantitative estimate of drug-likeness (QED) is 0.0456. The van der Waals surface area contributed by atoms with Crippen molar-refractivity contribution in [3.63, 3.8) is 0 Å². The van der Waals surface area contributed by atoms with Gasteiger partial charge in [0.15, 0.2) is 0 Å². The number of esters is 1. The number of carbonyl (C=O) groups is 1. The summed E-state index contributed by atoms with van der Waals surface area (Å²) in [6.45, 7) is 7.55. The Hall–Kier alpha value is -0.530. The van der Waals surface area contributed by atoms with Crippen LogP contribution >= 0.6 is 0 Å². The van der Waals surface area contributed by atoms with Gasteiger partial charge in [-0.2, -0.15) is 0 Å². The Labute approximate surface area is 343 Å². The van der Waals surface area contributed by atoms with Gasteiger partial charge < -0.3 is 4.74 Å². The predicted octanol–water partition coefficient (Wildman–Crippen LogP) is 19.2. The fraction of sp³-hybridized carbons (Fsp3) is 0.981. The minimum absolute atomic E-state index is 0.125. The molecule has 0 rings (SSSR count). The second kappa shape index (κ2) is 48.6. The number of unbranched alkanes of at least 4 members (excludes halogenated alkanes) is 41. The van der Waals surface area contributed by atoms with Crippen LogP contribution in [0.5, 0.6) is 0 Å². The smallest absolute Gasteiger partial charge is 0.308 e. The van der Waals surface area contributed by atoms with Crippen LogP contribution in [-0.4, -0.2) is 12.6 Å². The molecule has 54 heavy (non-hydrogen) atoms. The third-order valence-electron chi connectivity index (χ3n) is 12.4. The van der Waals surface area contributed by atoms with E-state index in [1.165, 1.54) is 276 Å². The molecule has 324 valence electrons. The SMILES string of the molecule is CCCCCCCCCCCCCCCCCCOC(=O)C(CCCCCCCCCCCCCC)CCCCCCCCCCCCCCCCCC. The minimum Gasteiger partial charge on any atom is -0.465 e. The van der Waals surface area contributed by atoms with Crippen LogP contribution in [0.25, 0.3) is 0 Å². The van der Waals surface area contributed by atoms with Gasteiger partial charge >= 0.3 is 5.97 Å². The molecule has 0 heterocycles. The van der Waals surface area contributed by atoms with Crippen LogP contribution in [0.4, 0.5) is 0 Å². The van der Waals surface area contributed by atoms with Gasteiger partial charge in [-0.25, -0.2) is 0 Å². The molecule has 0 saturated carbocycles. The van der Waals surface area contributed by atoms with Crippen LogP contribution in [0.3, 0.4) is 0 Å².